The molecule has 0 radical (unpaired) electrons. The van der Waals surface area contributed by atoms with Gasteiger partial charge < -0.3 is 5.32 Å². The second-order valence-electron chi connectivity index (χ2n) is 6.45. The third-order valence-corrected chi connectivity index (χ3v) is 4.20. The fourth-order valence-electron chi connectivity index (χ4n) is 2.47. The van der Waals surface area contributed by atoms with Gasteiger partial charge in [-0.1, -0.05) is 58.0 Å². The Hall–Kier alpha value is -0.860. The van der Waals surface area contributed by atoms with E-state index < -0.39 is 0 Å². The predicted octanol–water partition coefficient (Wildman–Crippen LogP) is 3.92. The van der Waals surface area contributed by atoms with Crippen molar-refractivity contribution in [2.24, 2.45) is 5.41 Å². The predicted molar refractivity (Wildman–Crippen MR) is 88.9 cm³/mol. The lowest BCUT2D eigenvalue weighted by Crippen LogP contribution is -2.46. The van der Waals surface area contributed by atoms with Gasteiger partial charge in [-0.15, -0.1) is 0 Å². The molecule has 0 spiro atoms. The number of benzene rings is 1. The Kier molecular flexibility index (Phi) is 7.25. The molecule has 1 atom stereocenters. The van der Waals surface area contributed by atoms with Crippen LogP contribution in [-0.2, 0) is 6.54 Å². The van der Waals surface area contributed by atoms with Crippen LogP contribution in [0.4, 0.5) is 0 Å². The highest BCUT2D eigenvalue weighted by molar-refractivity contribution is 5.14. The van der Waals surface area contributed by atoms with E-state index in [2.05, 4.69) is 75.2 Å². The summed E-state index contributed by atoms with van der Waals surface area (Å²) < 4.78 is 0. The van der Waals surface area contributed by atoms with Crippen LogP contribution in [0.15, 0.2) is 30.3 Å². The first-order chi connectivity index (χ1) is 9.49. The van der Waals surface area contributed by atoms with E-state index >= 15 is 0 Å². The lowest BCUT2D eigenvalue weighted by Gasteiger charge is -2.37. The van der Waals surface area contributed by atoms with Crippen LogP contribution in [0.2, 0.25) is 0 Å². The quantitative estimate of drug-likeness (QED) is 0.735. The summed E-state index contributed by atoms with van der Waals surface area (Å²) in [6.07, 6.45) is 1.20. The maximum Gasteiger partial charge on any atom is 0.0233 e. The van der Waals surface area contributed by atoms with Gasteiger partial charge in [0.05, 0.1) is 0 Å². The van der Waals surface area contributed by atoms with Crippen molar-refractivity contribution in [3.05, 3.63) is 35.9 Å². The number of hydrogen-bond acceptors (Lipinski definition) is 2. The fraction of sp³-hybridized carbons (Fsp3) is 0.667. The summed E-state index contributed by atoms with van der Waals surface area (Å²) in [5.41, 5.74) is 1.68. The molecule has 0 aliphatic heterocycles. The maximum atomic E-state index is 3.64. The molecule has 0 saturated heterocycles. The largest absolute Gasteiger partial charge is 0.314 e. The zero-order chi connectivity index (χ0) is 15.0. The van der Waals surface area contributed by atoms with Crippen LogP contribution in [0, 0.1) is 5.41 Å². The van der Waals surface area contributed by atoms with E-state index in [0.717, 1.165) is 26.2 Å². The normalized spacial score (nSPS) is 13.7. The second-order valence-corrected chi connectivity index (χ2v) is 6.45. The van der Waals surface area contributed by atoms with E-state index in [4.69, 9.17) is 0 Å². The van der Waals surface area contributed by atoms with Crippen LogP contribution in [0.3, 0.4) is 0 Å². The molecule has 1 aromatic rings. The van der Waals surface area contributed by atoms with Gasteiger partial charge in [0.15, 0.2) is 0 Å². The first kappa shape index (κ1) is 17.2. The van der Waals surface area contributed by atoms with E-state index in [0.29, 0.717) is 6.04 Å². The van der Waals surface area contributed by atoms with Crippen LogP contribution in [-0.4, -0.2) is 30.6 Å². The Morgan fingerprint density at radius 2 is 1.80 bits per heavy atom. The Bertz CT molecular complexity index is 359. The highest BCUT2D eigenvalue weighted by Gasteiger charge is 2.27. The fourth-order valence-corrected chi connectivity index (χ4v) is 2.47. The van der Waals surface area contributed by atoms with Crippen molar-refractivity contribution in [2.75, 3.05) is 19.6 Å². The molecule has 0 bridgehead atoms. The molecular formula is C18H32N2. The molecule has 1 rings (SSSR count). The molecule has 2 nitrogen and oxygen atoms in total. The van der Waals surface area contributed by atoms with Crippen molar-refractivity contribution in [3.8, 4) is 0 Å². The van der Waals surface area contributed by atoms with Crippen molar-refractivity contribution in [3.63, 3.8) is 0 Å². The second kappa shape index (κ2) is 8.43. The van der Waals surface area contributed by atoms with Crippen LogP contribution >= 0.6 is 0 Å². The molecule has 0 aliphatic carbocycles. The summed E-state index contributed by atoms with van der Waals surface area (Å²) in [4.78, 5) is 2.54. The monoisotopic (exact) mass is 276 g/mol. The summed E-state index contributed by atoms with van der Waals surface area (Å²) in [5, 5.41) is 3.64. The number of nitrogens with zero attached hydrogens (tertiary/aromatic N) is 1. The molecule has 0 heterocycles. The van der Waals surface area contributed by atoms with Gasteiger partial charge in [-0.3, -0.25) is 4.90 Å². The summed E-state index contributed by atoms with van der Waals surface area (Å²) in [6, 6.07) is 11.3. The molecule has 0 fully saturated rings. The van der Waals surface area contributed by atoms with E-state index in [9.17, 15) is 0 Å². The highest BCUT2D eigenvalue weighted by Crippen LogP contribution is 2.23. The SMILES string of the molecule is CCCNC(C)C(C)(C)CN(CC)Cc1ccccc1. The Morgan fingerprint density at radius 1 is 1.15 bits per heavy atom. The van der Waals surface area contributed by atoms with Gasteiger partial charge in [0.1, 0.15) is 0 Å². The molecule has 0 aromatic heterocycles. The Balaban J connectivity index is 2.57. The molecule has 20 heavy (non-hydrogen) atoms. The third-order valence-electron chi connectivity index (χ3n) is 4.20. The number of hydrogen-bond donors (Lipinski definition) is 1. The molecular weight excluding hydrogens is 244 g/mol. The minimum Gasteiger partial charge on any atom is -0.314 e. The highest BCUT2D eigenvalue weighted by atomic mass is 15.1. The third kappa shape index (κ3) is 5.64. The molecule has 114 valence electrons. The Morgan fingerprint density at radius 3 is 2.35 bits per heavy atom. The maximum absolute atomic E-state index is 3.64. The zero-order valence-corrected chi connectivity index (χ0v) is 13.9. The lowest BCUT2D eigenvalue weighted by atomic mass is 9.84. The zero-order valence-electron chi connectivity index (χ0n) is 13.9. The topological polar surface area (TPSA) is 15.3 Å². The van der Waals surface area contributed by atoms with Crippen molar-refractivity contribution >= 4 is 0 Å². The average molecular weight is 276 g/mol. The first-order valence-corrected chi connectivity index (χ1v) is 7.99. The van der Waals surface area contributed by atoms with Gasteiger partial charge in [-0.2, -0.15) is 0 Å². The molecule has 1 unspecified atom stereocenters. The smallest absolute Gasteiger partial charge is 0.0233 e. The van der Waals surface area contributed by atoms with Gasteiger partial charge in [-0.25, -0.2) is 0 Å². The summed E-state index contributed by atoms with van der Waals surface area (Å²) >= 11 is 0. The van der Waals surface area contributed by atoms with Crippen molar-refractivity contribution in [1.82, 2.24) is 10.2 Å². The summed E-state index contributed by atoms with van der Waals surface area (Å²) in [5.74, 6) is 0. The van der Waals surface area contributed by atoms with E-state index in [1.54, 1.807) is 0 Å². The lowest BCUT2D eigenvalue weighted by molar-refractivity contribution is 0.142. The van der Waals surface area contributed by atoms with E-state index in [-0.39, 0.29) is 5.41 Å². The Labute approximate surface area is 125 Å². The van der Waals surface area contributed by atoms with E-state index in [1.165, 1.54) is 12.0 Å². The average Bonchev–Trinajstić information content (AvgIpc) is 2.44. The van der Waals surface area contributed by atoms with Crippen LogP contribution in [0.25, 0.3) is 0 Å². The molecule has 0 amide bonds. The van der Waals surface area contributed by atoms with Crippen LogP contribution < -0.4 is 5.32 Å². The van der Waals surface area contributed by atoms with Gasteiger partial charge in [-0.05, 0) is 37.4 Å². The van der Waals surface area contributed by atoms with Gasteiger partial charge >= 0.3 is 0 Å². The van der Waals surface area contributed by atoms with Crippen LogP contribution in [0.1, 0.15) is 46.6 Å². The minimum absolute atomic E-state index is 0.278. The van der Waals surface area contributed by atoms with E-state index in [1.807, 2.05) is 0 Å². The number of nitrogens with one attached hydrogen (secondary N) is 1. The first-order valence-electron chi connectivity index (χ1n) is 7.99. The van der Waals surface area contributed by atoms with Gasteiger partial charge in [0.25, 0.3) is 0 Å². The standard InChI is InChI=1S/C18H32N2/c1-6-13-19-16(3)18(4,5)15-20(7-2)14-17-11-9-8-10-12-17/h8-12,16,19H,6-7,13-15H2,1-5H3. The van der Waals surface area contributed by atoms with Crippen LogP contribution in [0.5, 0.6) is 0 Å². The molecule has 0 aliphatic rings. The molecule has 0 saturated carbocycles. The van der Waals surface area contributed by atoms with Gasteiger partial charge in [0, 0.05) is 19.1 Å². The molecule has 2 heteroatoms. The van der Waals surface area contributed by atoms with Crippen molar-refractivity contribution in [2.45, 2.75) is 53.6 Å². The van der Waals surface area contributed by atoms with Crippen molar-refractivity contribution < 1.29 is 0 Å². The van der Waals surface area contributed by atoms with Crippen molar-refractivity contribution in [1.29, 1.82) is 0 Å². The van der Waals surface area contributed by atoms with Gasteiger partial charge in [0.2, 0.25) is 0 Å². The minimum atomic E-state index is 0.278. The molecule has 1 aromatic carbocycles. The molecule has 1 N–H and O–H groups in total. The summed E-state index contributed by atoms with van der Waals surface area (Å²) in [6.45, 7) is 15.9. The number of rotatable bonds is 9. The summed E-state index contributed by atoms with van der Waals surface area (Å²) in [7, 11) is 0.